The van der Waals surface area contributed by atoms with Gasteiger partial charge < -0.3 is 18.9 Å². The van der Waals surface area contributed by atoms with Crippen LogP contribution in [0.25, 0.3) is 0 Å². The van der Waals surface area contributed by atoms with Crippen molar-refractivity contribution in [2.45, 2.75) is 89.8 Å². The molecule has 244 valence electrons. The van der Waals surface area contributed by atoms with Crippen molar-refractivity contribution in [1.82, 2.24) is 28.9 Å². The van der Waals surface area contributed by atoms with E-state index in [2.05, 4.69) is 53.2 Å². The van der Waals surface area contributed by atoms with E-state index in [1.54, 1.807) is 0 Å². The fraction of sp³-hybridized carbons (Fsp3) is 0.474. The molecule has 46 heavy (non-hydrogen) atoms. The molecule has 0 radical (unpaired) electrons. The molecule has 4 aromatic rings. The monoisotopic (exact) mass is 622 g/mol. The Balaban J connectivity index is 0.000000181. The summed E-state index contributed by atoms with van der Waals surface area (Å²) in [6.07, 6.45) is 22.3. The number of aromatic nitrogens is 4. The van der Waals surface area contributed by atoms with Crippen LogP contribution in [0.3, 0.4) is 0 Å². The third kappa shape index (κ3) is 10.7. The minimum atomic E-state index is 0.307. The third-order valence-electron chi connectivity index (χ3n) is 9.49. The predicted molar refractivity (Wildman–Crippen MR) is 182 cm³/mol. The molecule has 2 aliphatic heterocycles. The summed E-state index contributed by atoms with van der Waals surface area (Å²) < 4.78 is 4.23. The summed E-state index contributed by atoms with van der Waals surface area (Å²) in [5.41, 5.74) is 2.49. The second kappa shape index (κ2) is 18.1. The van der Waals surface area contributed by atoms with Crippen molar-refractivity contribution in [2.75, 3.05) is 19.6 Å². The summed E-state index contributed by atoms with van der Waals surface area (Å²) in [6.45, 7) is 4.73. The van der Waals surface area contributed by atoms with Crippen molar-refractivity contribution in [3.63, 3.8) is 0 Å². The maximum atomic E-state index is 12.6. The highest BCUT2D eigenvalue weighted by atomic mass is 16.2. The first-order chi connectivity index (χ1) is 22.6. The first kappa shape index (κ1) is 33.2. The van der Waals surface area contributed by atoms with E-state index in [1.165, 1.54) is 24.0 Å². The molecule has 0 bridgehead atoms. The number of aryl methyl sites for hydroxylation is 4. The van der Waals surface area contributed by atoms with Gasteiger partial charge in [-0.15, -0.1) is 0 Å². The van der Waals surface area contributed by atoms with E-state index in [0.29, 0.717) is 30.7 Å². The number of likely N-dealkylation sites (tertiary alicyclic amines) is 2. The standard InChI is InChI=1S/2C19H25N3O/c23-19(10-9-17-6-2-1-3-7-17)22-13-5-4-8-18(22)11-14-21-15-12-20-16-21;23-19(7-6-17-4-2-1-3-5-17)22-13-9-18(10-14-22)8-12-21-15-11-20-16-21/h1-3,6-7,12,15-16,18H,4-5,8-11,13-14H2;1-5,11,15-16,18H,6-10,12-14H2. The van der Waals surface area contributed by atoms with Gasteiger partial charge in [0.1, 0.15) is 0 Å². The van der Waals surface area contributed by atoms with Gasteiger partial charge in [-0.05, 0) is 74.8 Å². The van der Waals surface area contributed by atoms with Gasteiger partial charge in [-0.3, -0.25) is 9.59 Å². The Bertz CT molecular complexity index is 1400. The lowest BCUT2D eigenvalue weighted by atomic mass is 9.93. The van der Waals surface area contributed by atoms with Crippen LogP contribution in [-0.2, 0) is 35.5 Å². The van der Waals surface area contributed by atoms with Gasteiger partial charge in [-0.2, -0.15) is 0 Å². The van der Waals surface area contributed by atoms with Crippen molar-refractivity contribution in [3.05, 3.63) is 109 Å². The number of nitrogens with zero attached hydrogens (tertiary/aromatic N) is 6. The van der Waals surface area contributed by atoms with Gasteiger partial charge in [0, 0.05) is 76.4 Å². The maximum absolute atomic E-state index is 12.6. The number of amides is 2. The molecule has 2 fully saturated rings. The lowest BCUT2D eigenvalue weighted by Gasteiger charge is -2.36. The molecule has 1 unspecified atom stereocenters. The minimum Gasteiger partial charge on any atom is -0.343 e. The molecule has 0 N–H and O–H groups in total. The Morgan fingerprint density at radius 1 is 0.652 bits per heavy atom. The molecule has 2 amide bonds. The van der Waals surface area contributed by atoms with E-state index in [1.807, 2.05) is 73.8 Å². The van der Waals surface area contributed by atoms with E-state index < -0.39 is 0 Å². The number of hydrogen-bond donors (Lipinski definition) is 0. The SMILES string of the molecule is O=C(CCc1ccccc1)N1CCC(CCn2ccnc2)CC1.O=C(CCc1ccccc1)N1CCCCC1CCn1ccnc1. The second-order valence-corrected chi connectivity index (χ2v) is 12.7. The van der Waals surface area contributed by atoms with E-state index in [4.69, 9.17) is 0 Å². The molecular weight excluding hydrogens is 572 g/mol. The summed E-state index contributed by atoms with van der Waals surface area (Å²) in [6, 6.07) is 20.9. The number of piperidine rings is 2. The van der Waals surface area contributed by atoms with Crippen LogP contribution in [0.5, 0.6) is 0 Å². The van der Waals surface area contributed by atoms with E-state index in [-0.39, 0.29) is 0 Å². The van der Waals surface area contributed by atoms with Crippen molar-refractivity contribution >= 4 is 11.8 Å². The quantitative estimate of drug-likeness (QED) is 0.183. The van der Waals surface area contributed by atoms with E-state index in [9.17, 15) is 9.59 Å². The highest BCUT2D eigenvalue weighted by Gasteiger charge is 2.26. The molecule has 2 saturated heterocycles. The summed E-state index contributed by atoms with van der Waals surface area (Å²) in [4.78, 5) is 37.3. The smallest absolute Gasteiger partial charge is 0.223 e. The van der Waals surface area contributed by atoms with Crippen LogP contribution in [0.2, 0.25) is 0 Å². The zero-order valence-corrected chi connectivity index (χ0v) is 27.2. The van der Waals surface area contributed by atoms with E-state index in [0.717, 1.165) is 83.6 Å². The largest absolute Gasteiger partial charge is 0.343 e. The van der Waals surface area contributed by atoms with Crippen LogP contribution in [0.4, 0.5) is 0 Å². The number of carbonyl (C=O) groups excluding carboxylic acids is 2. The van der Waals surface area contributed by atoms with Gasteiger partial charge in [0.25, 0.3) is 0 Å². The zero-order valence-electron chi connectivity index (χ0n) is 27.2. The van der Waals surface area contributed by atoms with Crippen LogP contribution in [0.1, 0.15) is 68.9 Å². The lowest BCUT2D eigenvalue weighted by molar-refractivity contribution is -0.135. The molecule has 2 aromatic carbocycles. The summed E-state index contributed by atoms with van der Waals surface area (Å²) in [5, 5.41) is 0. The highest BCUT2D eigenvalue weighted by molar-refractivity contribution is 5.77. The Morgan fingerprint density at radius 2 is 1.22 bits per heavy atom. The first-order valence-electron chi connectivity index (χ1n) is 17.2. The van der Waals surface area contributed by atoms with Crippen molar-refractivity contribution in [3.8, 4) is 0 Å². The molecule has 4 heterocycles. The summed E-state index contributed by atoms with van der Waals surface area (Å²) in [5.74, 6) is 1.35. The Kier molecular flexibility index (Phi) is 13.0. The number of carbonyl (C=O) groups is 2. The Labute approximate surface area is 274 Å². The van der Waals surface area contributed by atoms with Gasteiger partial charge in [0.05, 0.1) is 12.7 Å². The van der Waals surface area contributed by atoms with Crippen molar-refractivity contribution in [2.24, 2.45) is 5.92 Å². The molecule has 2 aromatic heterocycles. The van der Waals surface area contributed by atoms with Crippen LogP contribution >= 0.6 is 0 Å². The second-order valence-electron chi connectivity index (χ2n) is 12.7. The fourth-order valence-electron chi connectivity index (χ4n) is 6.66. The Morgan fingerprint density at radius 3 is 1.78 bits per heavy atom. The minimum absolute atomic E-state index is 0.307. The fourth-order valence-corrected chi connectivity index (χ4v) is 6.66. The van der Waals surface area contributed by atoms with Crippen molar-refractivity contribution < 1.29 is 9.59 Å². The highest BCUT2D eigenvalue weighted by Crippen LogP contribution is 2.23. The van der Waals surface area contributed by atoms with Crippen LogP contribution < -0.4 is 0 Å². The number of benzene rings is 2. The molecule has 2 aliphatic rings. The maximum Gasteiger partial charge on any atom is 0.223 e. The van der Waals surface area contributed by atoms with Crippen LogP contribution in [0, 0.1) is 5.92 Å². The van der Waals surface area contributed by atoms with Crippen molar-refractivity contribution in [1.29, 1.82) is 0 Å². The first-order valence-corrected chi connectivity index (χ1v) is 17.2. The molecule has 0 saturated carbocycles. The summed E-state index contributed by atoms with van der Waals surface area (Å²) >= 11 is 0. The topological polar surface area (TPSA) is 76.3 Å². The number of hydrogen-bond acceptors (Lipinski definition) is 4. The lowest BCUT2D eigenvalue weighted by Crippen LogP contribution is -2.44. The number of rotatable bonds is 12. The molecule has 8 heteroatoms. The molecule has 8 nitrogen and oxygen atoms in total. The van der Waals surface area contributed by atoms with Gasteiger partial charge in [-0.1, -0.05) is 60.7 Å². The van der Waals surface area contributed by atoms with Gasteiger partial charge in [-0.25, -0.2) is 9.97 Å². The average Bonchev–Trinajstić information content (AvgIpc) is 3.85. The molecule has 1 atom stereocenters. The summed E-state index contributed by atoms with van der Waals surface area (Å²) in [7, 11) is 0. The Hall–Kier alpha value is -4.20. The van der Waals surface area contributed by atoms with E-state index >= 15 is 0 Å². The average molecular weight is 623 g/mol. The normalized spacial score (nSPS) is 16.9. The molecule has 0 spiro atoms. The van der Waals surface area contributed by atoms with Gasteiger partial charge >= 0.3 is 0 Å². The van der Waals surface area contributed by atoms with Crippen LogP contribution in [-0.4, -0.2) is 66.4 Å². The van der Waals surface area contributed by atoms with Crippen LogP contribution in [0.15, 0.2) is 98.1 Å². The third-order valence-corrected chi connectivity index (χ3v) is 9.49. The number of imidazole rings is 2. The van der Waals surface area contributed by atoms with Gasteiger partial charge in [0.2, 0.25) is 11.8 Å². The zero-order chi connectivity index (χ0) is 31.8. The molecule has 6 rings (SSSR count). The molecular formula is C38H50N6O2. The molecule has 0 aliphatic carbocycles. The van der Waals surface area contributed by atoms with Gasteiger partial charge in [0.15, 0.2) is 0 Å². The predicted octanol–water partition coefficient (Wildman–Crippen LogP) is 6.43.